The maximum absolute atomic E-state index is 8.99. The van der Waals surface area contributed by atoms with E-state index in [1.807, 2.05) is 6.07 Å². The van der Waals surface area contributed by atoms with Crippen LogP contribution in [0, 0.1) is 0 Å². The van der Waals surface area contributed by atoms with Gasteiger partial charge in [0, 0.05) is 19.2 Å². The molecule has 0 bridgehead atoms. The van der Waals surface area contributed by atoms with Crippen LogP contribution in [0.3, 0.4) is 0 Å². The van der Waals surface area contributed by atoms with Crippen molar-refractivity contribution in [1.29, 1.82) is 0 Å². The van der Waals surface area contributed by atoms with Crippen LogP contribution < -0.4 is 4.74 Å². The molecule has 0 saturated heterocycles. The highest BCUT2D eigenvalue weighted by atomic mass is 16.5. The molecule has 3 nitrogen and oxygen atoms in total. The van der Waals surface area contributed by atoms with Crippen LogP contribution in [0.4, 0.5) is 0 Å². The Labute approximate surface area is 103 Å². The predicted octanol–water partition coefficient (Wildman–Crippen LogP) is 2.00. The Balaban J connectivity index is 2.27. The molecule has 0 radical (unpaired) electrons. The van der Waals surface area contributed by atoms with Gasteiger partial charge in [-0.1, -0.05) is 6.07 Å². The number of nitrogens with zero attached hydrogens (tertiary/aromatic N) is 1. The summed E-state index contributed by atoms with van der Waals surface area (Å²) in [4.78, 5) is 2.37. The number of aliphatic hydroxyl groups is 1. The van der Waals surface area contributed by atoms with Crippen LogP contribution in [0.5, 0.6) is 5.75 Å². The van der Waals surface area contributed by atoms with E-state index < -0.39 is 0 Å². The third-order valence-electron chi connectivity index (χ3n) is 3.61. The van der Waals surface area contributed by atoms with Crippen molar-refractivity contribution < 1.29 is 9.84 Å². The average molecular weight is 235 g/mol. The quantitative estimate of drug-likeness (QED) is 0.866. The van der Waals surface area contributed by atoms with Gasteiger partial charge in [-0.05, 0) is 49.6 Å². The molecule has 1 aliphatic rings. The minimum atomic E-state index is 0.268. The molecule has 2 rings (SSSR count). The van der Waals surface area contributed by atoms with Crippen molar-refractivity contribution in [3.63, 3.8) is 0 Å². The number of methoxy groups -OCH3 is 1. The Morgan fingerprint density at radius 2 is 2.29 bits per heavy atom. The summed E-state index contributed by atoms with van der Waals surface area (Å²) < 4.78 is 5.30. The second kappa shape index (κ2) is 5.52. The Morgan fingerprint density at radius 3 is 3.00 bits per heavy atom. The number of rotatable bonds is 4. The summed E-state index contributed by atoms with van der Waals surface area (Å²) in [6.07, 6.45) is 2.96. The molecule has 1 atom stereocenters. The lowest BCUT2D eigenvalue weighted by Crippen LogP contribution is -2.32. The minimum Gasteiger partial charge on any atom is -0.497 e. The van der Waals surface area contributed by atoms with Gasteiger partial charge in [0.05, 0.1) is 7.11 Å². The first kappa shape index (κ1) is 12.4. The Kier molecular flexibility index (Phi) is 4.02. The molecular weight excluding hydrogens is 214 g/mol. The van der Waals surface area contributed by atoms with Crippen LogP contribution in [0.2, 0.25) is 0 Å². The zero-order valence-electron chi connectivity index (χ0n) is 10.6. The number of ether oxygens (including phenoxy) is 1. The second-order valence-electron chi connectivity index (χ2n) is 4.68. The Bertz CT molecular complexity index is 378. The van der Waals surface area contributed by atoms with E-state index in [1.54, 1.807) is 7.11 Å². The van der Waals surface area contributed by atoms with Gasteiger partial charge in [0.1, 0.15) is 5.75 Å². The molecule has 1 heterocycles. The summed E-state index contributed by atoms with van der Waals surface area (Å²) in [5, 5.41) is 8.99. The van der Waals surface area contributed by atoms with E-state index in [0.717, 1.165) is 31.6 Å². The zero-order valence-corrected chi connectivity index (χ0v) is 10.6. The first-order valence-electron chi connectivity index (χ1n) is 6.24. The van der Waals surface area contributed by atoms with E-state index in [1.165, 1.54) is 11.1 Å². The van der Waals surface area contributed by atoms with Crippen LogP contribution in [0.25, 0.3) is 0 Å². The van der Waals surface area contributed by atoms with Gasteiger partial charge < -0.3 is 9.84 Å². The largest absolute Gasteiger partial charge is 0.497 e. The van der Waals surface area contributed by atoms with Gasteiger partial charge in [-0.15, -0.1) is 0 Å². The molecule has 0 amide bonds. The second-order valence-corrected chi connectivity index (χ2v) is 4.68. The number of hydrogen-bond acceptors (Lipinski definition) is 3. The van der Waals surface area contributed by atoms with Gasteiger partial charge in [0.25, 0.3) is 0 Å². The minimum absolute atomic E-state index is 0.268. The number of aliphatic hydroxyl groups excluding tert-OH is 1. The van der Waals surface area contributed by atoms with Crippen LogP contribution >= 0.6 is 0 Å². The zero-order chi connectivity index (χ0) is 12.3. The van der Waals surface area contributed by atoms with Crippen LogP contribution in [-0.4, -0.2) is 37.3 Å². The van der Waals surface area contributed by atoms with Gasteiger partial charge >= 0.3 is 0 Å². The molecule has 0 aromatic heterocycles. The van der Waals surface area contributed by atoms with Gasteiger partial charge in [-0.2, -0.15) is 0 Å². The highest BCUT2D eigenvalue weighted by Crippen LogP contribution is 2.34. The average Bonchev–Trinajstić information content (AvgIpc) is 2.37. The Morgan fingerprint density at radius 1 is 1.47 bits per heavy atom. The van der Waals surface area contributed by atoms with E-state index in [0.29, 0.717) is 6.04 Å². The lowest BCUT2D eigenvalue weighted by Gasteiger charge is -2.34. The van der Waals surface area contributed by atoms with Crippen LogP contribution in [0.15, 0.2) is 18.2 Å². The SMILES string of the molecule is COc1ccc2c(c1)C(CCCO)N(C)CC2. The fourth-order valence-electron chi connectivity index (χ4n) is 2.59. The summed E-state index contributed by atoms with van der Waals surface area (Å²) in [7, 11) is 3.86. The van der Waals surface area contributed by atoms with E-state index >= 15 is 0 Å². The first-order chi connectivity index (χ1) is 8.26. The topological polar surface area (TPSA) is 32.7 Å². The molecule has 1 N–H and O–H groups in total. The first-order valence-corrected chi connectivity index (χ1v) is 6.24. The molecule has 0 spiro atoms. The van der Waals surface area contributed by atoms with E-state index in [9.17, 15) is 0 Å². The predicted molar refractivity (Wildman–Crippen MR) is 68.4 cm³/mol. The Hall–Kier alpha value is -1.06. The molecule has 1 aromatic carbocycles. The van der Waals surface area contributed by atoms with E-state index in [-0.39, 0.29) is 6.61 Å². The molecule has 94 valence electrons. The van der Waals surface area contributed by atoms with Crippen molar-refractivity contribution in [2.24, 2.45) is 0 Å². The van der Waals surface area contributed by atoms with Crippen molar-refractivity contribution in [3.8, 4) is 5.75 Å². The number of hydrogen-bond donors (Lipinski definition) is 1. The van der Waals surface area contributed by atoms with Crippen molar-refractivity contribution >= 4 is 0 Å². The van der Waals surface area contributed by atoms with Gasteiger partial charge in [-0.3, -0.25) is 4.90 Å². The highest BCUT2D eigenvalue weighted by molar-refractivity contribution is 5.39. The van der Waals surface area contributed by atoms with Crippen molar-refractivity contribution in [3.05, 3.63) is 29.3 Å². The van der Waals surface area contributed by atoms with Crippen molar-refractivity contribution in [2.75, 3.05) is 27.3 Å². The fourth-order valence-corrected chi connectivity index (χ4v) is 2.59. The van der Waals surface area contributed by atoms with Crippen molar-refractivity contribution in [2.45, 2.75) is 25.3 Å². The number of fused-ring (bicyclic) bond motifs is 1. The fraction of sp³-hybridized carbons (Fsp3) is 0.571. The molecule has 1 aromatic rings. The summed E-state index contributed by atoms with van der Waals surface area (Å²) in [5.41, 5.74) is 2.79. The van der Waals surface area contributed by atoms with Crippen LogP contribution in [-0.2, 0) is 6.42 Å². The number of likely N-dealkylation sites (N-methyl/N-ethyl adjacent to an activating group) is 1. The molecule has 0 saturated carbocycles. The van der Waals surface area contributed by atoms with Crippen molar-refractivity contribution in [1.82, 2.24) is 4.90 Å². The third kappa shape index (κ3) is 2.61. The van der Waals surface area contributed by atoms with E-state index in [4.69, 9.17) is 9.84 Å². The maximum atomic E-state index is 8.99. The van der Waals surface area contributed by atoms with Gasteiger partial charge in [0.15, 0.2) is 0 Å². The molecular formula is C14H21NO2. The summed E-state index contributed by atoms with van der Waals surface area (Å²) in [6, 6.07) is 6.77. The normalized spacial score (nSPS) is 20.1. The molecule has 17 heavy (non-hydrogen) atoms. The smallest absolute Gasteiger partial charge is 0.119 e. The molecule has 3 heteroatoms. The van der Waals surface area contributed by atoms with Crippen LogP contribution in [0.1, 0.15) is 30.0 Å². The number of benzene rings is 1. The molecule has 0 aliphatic carbocycles. The molecule has 1 aliphatic heterocycles. The van der Waals surface area contributed by atoms with Gasteiger partial charge in [0.2, 0.25) is 0 Å². The van der Waals surface area contributed by atoms with Gasteiger partial charge in [-0.25, -0.2) is 0 Å². The lowest BCUT2D eigenvalue weighted by molar-refractivity contribution is 0.197. The lowest BCUT2D eigenvalue weighted by atomic mass is 9.90. The third-order valence-corrected chi connectivity index (χ3v) is 3.61. The summed E-state index contributed by atoms with van der Waals surface area (Å²) >= 11 is 0. The highest BCUT2D eigenvalue weighted by Gasteiger charge is 2.24. The summed E-state index contributed by atoms with van der Waals surface area (Å²) in [6.45, 7) is 1.36. The molecule has 0 fully saturated rings. The summed E-state index contributed by atoms with van der Waals surface area (Å²) in [5.74, 6) is 0.924. The monoisotopic (exact) mass is 235 g/mol. The van der Waals surface area contributed by atoms with E-state index in [2.05, 4.69) is 24.1 Å². The standard InChI is InChI=1S/C14H21NO2/c1-15-8-7-11-5-6-12(17-2)10-13(11)14(15)4-3-9-16/h5-6,10,14,16H,3-4,7-9H2,1-2H3. The molecule has 1 unspecified atom stereocenters. The maximum Gasteiger partial charge on any atom is 0.119 e.